The van der Waals surface area contributed by atoms with Crippen molar-refractivity contribution in [3.63, 3.8) is 0 Å². The molecule has 2 heteroatoms. The summed E-state index contributed by atoms with van der Waals surface area (Å²) < 4.78 is 0. The van der Waals surface area contributed by atoms with Crippen molar-refractivity contribution in [3.8, 4) is 0 Å². The fourth-order valence-electron chi connectivity index (χ4n) is 2.99. The minimum Gasteiger partial charge on any atom is -0.369 e. The fourth-order valence-corrected chi connectivity index (χ4v) is 2.99. The topological polar surface area (TPSA) is 20.3 Å². The number of benzene rings is 1. The quantitative estimate of drug-likeness (QED) is 0.689. The smallest absolute Gasteiger partial charge is 0.152 e. The highest BCUT2D eigenvalue weighted by atomic mass is 16.1. The Morgan fingerprint density at radius 3 is 2.65 bits per heavy atom. The molecule has 1 aromatic carbocycles. The predicted molar refractivity (Wildman–Crippen MR) is 72.1 cm³/mol. The summed E-state index contributed by atoms with van der Waals surface area (Å²) >= 11 is 0. The first-order valence-corrected chi connectivity index (χ1v) is 6.20. The minimum atomic E-state index is 0.111. The average Bonchev–Trinajstić information content (AvgIpc) is 2.24. The summed E-state index contributed by atoms with van der Waals surface area (Å²) in [7, 11) is 2.09. The highest BCUT2D eigenvalue weighted by Gasteiger charge is 2.35. The van der Waals surface area contributed by atoms with Gasteiger partial charge in [0, 0.05) is 18.2 Å². The SMILES string of the molecule is Cc1cc(C=O)c2c(c1)[C@H](C)CC(C)(C)N2C. The molecule has 0 aromatic heterocycles. The van der Waals surface area contributed by atoms with Crippen LogP contribution in [0.15, 0.2) is 12.1 Å². The highest BCUT2D eigenvalue weighted by molar-refractivity contribution is 5.87. The molecule has 0 N–H and O–H groups in total. The van der Waals surface area contributed by atoms with Crippen LogP contribution >= 0.6 is 0 Å². The second kappa shape index (κ2) is 3.86. The standard InChI is InChI=1S/C15H21NO/c1-10-6-12(9-17)14-13(7-10)11(2)8-15(3,4)16(14)5/h6-7,9,11H,8H2,1-5H3/t11-/m1/s1. The molecule has 2 nitrogen and oxygen atoms in total. The molecule has 0 spiro atoms. The van der Waals surface area contributed by atoms with Crippen molar-refractivity contribution in [2.24, 2.45) is 0 Å². The number of carbonyl (C=O) groups is 1. The first-order valence-electron chi connectivity index (χ1n) is 6.20. The molecule has 1 aliphatic heterocycles. The Morgan fingerprint density at radius 1 is 1.41 bits per heavy atom. The molecule has 1 aromatic rings. The third-order valence-electron chi connectivity index (χ3n) is 4.02. The molecular formula is C15H21NO. The van der Waals surface area contributed by atoms with Gasteiger partial charge in [-0.05, 0) is 50.3 Å². The lowest BCUT2D eigenvalue weighted by molar-refractivity contribution is 0.112. The average molecular weight is 231 g/mol. The molecule has 0 saturated carbocycles. The molecule has 1 heterocycles. The summed E-state index contributed by atoms with van der Waals surface area (Å²) in [6.45, 7) is 8.78. The largest absolute Gasteiger partial charge is 0.369 e. The van der Waals surface area contributed by atoms with Crippen LogP contribution in [0.3, 0.4) is 0 Å². The van der Waals surface area contributed by atoms with E-state index in [2.05, 4.69) is 45.7 Å². The van der Waals surface area contributed by atoms with Crippen LogP contribution in [0.2, 0.25) is 0 Å². The molecule has 17 heavy (non-hydrogen) atoms. The lowest BCUT2D eigenvalue weighted by atomic mass is 9.79. The van der Waals surface area contributed by atoms with Crippen LogP contribution in [0.1, 0.15) is 54.6 Å². The van der Waals surface area contributed by atoms with E-state index in [0.29, 0.717) is 5.92 Å². The van der Waals surface area contributed by atoms with Gasteiger partial charge in [-0.25, -0.2) is 0 Å². The van der Waals surface area contributed by atoms with E-state index in [0.717, 1.165) is 24.0 Å². The van der Waals surface area contributed by atoms with E-state index in [4.69, 9.17) is 0 Å². The van der Waals surface area contributed by atoms with E-state index in [9.17, 15) is 4.79 Å². The monoisotopic (exact) mass is 231 g/mol. The highest BCUT2D eigenvalue weighted by Crippen LogP contribution is 2.44. The number of anilines is 1. The zero-order valence-corrected chi connectivity index (χ0v) is 11.4. The van der Waals surface area contributed by atoms with Gasteiger partial charge in [0.05, 0.1) is 5.69 Å². The summed E-state index contributed by atoms with van der Waals surface area (Å²) in [5.41, 5.74) is 4.54. The van der Waals surface area contributed by atoms with E-state index in [1.165, 1.54) is 11.1 Å². The van der Waals surface area contributed by atoms with Crippen molar-refractivity contribution < 1.29 is 4.79 Å². The molecule has 1 aliphatic rings. The van der Waals surface area contributed by atoms with Crippen LogP contribution < -0.4 is 4.90 Å². The number of nitrogens with zero attached hydrogens (tertiary/aromatic N) is 1. The minimum absolute atomic E-state index is 0.111. The van der Waals surface area contributed by atoms with Gasteiger partial charge in [-0.15, -0.1) is 0 Å². The Kier molecular flexibility index (Phi) is 2.76. The second-order valence-corrected chi connectivity index (χ2v) is 5.89. The van der Waals surface area contributed by atoms with Crippen LogP contribution in [0.5, 0.6) is 0 Å². The van der Waals surface area contributed by atoms with Crippen LogP contribution in [-0.2, 0) is 0 Å². The first kappa shape index (κ1) is 12.2. The van der Waals surface area contributed by atoms with Crippen molar-refractivity contribution in [2.75, 3.05) is 11.9 Å². The number of hydrogen-bond donors (Lipinski definition) is 0. The summed E-state index contributed by atoms with van der Waals surface area (Å²) in [6.07, 6.45) is 2.11. The van der Waals surface area contributed by atoms with Crippen molar-refractivity contribution in [1.29, 1.82) is 0 Å². The number of aldehydes is 1. The number of fused-ring (bicyclic) bond motifs is 1. The lowest BCUT2D eigenvalue weighted by Gasteiger charge is -2.46. The molecular weight excluding hydrogens is 210 g/mol. The van der Waals surface area contributed by atoms with E-state index in [1.54, 1.807) is 0 Å². The summed E-state index contributed by atoms with van der Waals surface area (Å²) in [4.78, 5) is 13.5. The van der Waals surface area contributed by atoms with Gasteiger partial charge < -0.3 is 4.90 Å². The van der Waals surface area contributed by atoms with Gasteiger partial charge in [0.15, 0.2) is 6.29 Å². The maximum atomic E-state index is 11.3. The summed E-state index contributed by atoms with van der Waals surface area (Å²) in [5, 5.41) is 0. The Labute approximate surface area is 104 Å². The molecule has 0 unspecified atom stereocenters. The van der Waals surface area contributed by atoms with Crippen molar-refractivity contribution in [2.45, 2.75) is 45.6 Å². The van der Waals surface area contributed by atoms with Crippen molar-refractivity contribution in [1.82, 2.24) is 0 Å². The Hall–Kier alpha value is -1.31. The van der Waals surface area contributed by atoms with Gasteiger partial charge >= 0.3 is 0 Å². The molecule has 1 atom stereocenters. The van der Waals surface area contributed by atoms with Gasteiger partial charge in [-0.3, -0.25) is 4.79 Å². The third-order valence-corrected chi connectivity index (χ3v) is 4.02. The maximum Gasteiger partial charge on any atom is 0.152 e. The van der Waals surface area contributed by atoms with Gasteiger partial charge in [0.1, 0.15) is 0 Å². The van der Waals surface area contributed by atoms with E-state index < -0.39 is 0 Å². The lowest BCUT2D eigenvalue weighted by Crippen LogP contribution is -2.46. The van der Waals surface area contributed by atoms with Gasteiger partial charge in [-0.1, -0.05) is 13.0 Å². The molecule has 92 valence electrons. The molecule has 0 saturated heterocycles. The Morgan fingerprint density at radius 2 is 2.06 bits per heavy atom. The van der Waals surface area contributed by atoms with Gasteiger partial charge in [0.2, 0.25) is 0 Å². The molecule has 0 aliphatic carbocycles. The molecule has 0 bridgehead atoms. The molecule has 0 amide bonds. The number of aryl methyl sites for hydroxylation is 1. The third kappa shape index (κ3) is 1.86. The zero-order valence-electron chi connectivity index (χ0n) is 11.4. The van der Waals surface area contributed by atoms with Crippen LogP contribution in [-0.4, -0.2) is 18.9 Å². The second-order valence-electron chi connectivity index (χ2n) is 5.89. The Balaban J connectivity index is 2.69. The zero-order chi connectivity index (χ0) is 12.8. The molecule has 2 rings (SSSR count). The maximum absolute atomic E-state index is 11.3. The first-order chi connectivity index (χ1) is 7.86. The molecule has 0 fully saturated rings. The van der Waals surface area contributed by atoms with Crippen molar-refractivity contribution >= 4 is 12.0 Å². The van der Waals surface area contributed by atoms with Crippen LogP contribution in [0.25, 0.3) is 0 Å². The summed E-state index contributed by atoms with van der Waals surface area (Å²) in [6, 6.07) is 4.20. The van der Waals surface area contributed by atoms with E-state index >= 15 is 0 Å². The number of carbonyl (C=O) groups excluding carboxylic acids is 1. The number of hydrogen-bond acceptors (Lipinski definition) is 2. The van der Waals surface area contributed by atoms with Gasteiger partial charge in [-0.2, -0.15) is 0 Å². The van der Waals surface area contributed by atoms with E-state index in [1.807, 2.05) is 6.07 Å². The fraction of sp³-hybridized carbons (Fsp3) is 0.533. The van der Waals surface area contributed by atoms with E-state index in [-0.39, 0.29) is 5.54 Å². The predicted octanol–water partition coefficient (Wildman–Crippen LogP) is 3.53. The molecule has 0 radical (unpaired) electrons. The Bertz CT molecular complexity index is 462. The van der Waals surface area contributed by atoms with Crippen LogP contribution in [0, 0.1) is 6.92 Å². The van der Waals surface area contributed by atoms with Crippen LogP contribution in [0.4, 0.5) is 5.69 Å². The summed E-state index contributed by atoms with van der Waals surface area (Å²) in [5.74, 6) is 0.509. The normalized spacial score (nSPS) is 22.2. The van der Waals surface area contributed by atoms with Gasteiger partial charge in [0.25, 0.3) is 0 Å². The number of rotatable bonds is 1. The van der Waals surface area contributed by atoms with Crippen molar-refractivity contribution in [3.05, 3.63) is 28.8 Å².